The van der Waals surface area contributed by atoms with Crippen LogP contribution in [0.5, 0.6) is 5.75 Å². The van der Waals surface area contributed by atoms with Gasteiger partial charge in [-0.2, -0.15) is 0 Å². The number of urea groups is 1. The van der Waals surface area contributed by atoms with Crippen LogP contribution in [0.2, 0.25) is 0 Å². The van der Waals surface area contributed by atoms with Crippen LogP contribution in [-0.2, 0) is 11.2 Å². The van der Waals surface area contributed by atoms with E-state index >= 15 is 0 Å². The number of aryl methyl sites for hydroxylation is 1. The van der Waals surface area contributed by atoms with Crippen LogP contribution in [-0.4, -0.2) is 37.5 Å². The molecule has 0 aromatic heterocycles. The zero-order valence-corrected chi connectivity index (χ0v) is 15.7. The lowest BCUT2D eigenvalue weighted by Crippen LogP contribution is -2.42. The van der Waals surface area contributed by atoms with Crippen molar-refractivity contribution < 1.29 is 14.3 Å². The van der Waals surface area contributed by atoms with E-state index < -0.39 is 6.03 Å². The maximum Gasteiger partial charge on any atom is 0.325 e. The molecule has 6 nitrogen and oxygen atoms in total. The third-order valence-corrected chi connectivity index (χ3v) is 4.86. The van der Waals surface area contributed by atoms with Crippen LogP contribution >= 0.6 is 0 Å². The van der Waals surface area contributed by atoms with E-state index in [-0.39, 0.29) is 18.5 Å². The van der Waals surface area contributed by atoms with Crippen LogP contribution in [0.1, 0.15) is 30.0 Å². The van der Waals surface area contributed by atoms with Gasteiger partial charge in [0.15, 0.2) is 0 Å². The molecule has 6 heteroatoms. The summed E-state index contributed by atoms with van der Waals surface area (Å²) < 4.78 is 5.08. The number of carbonyl (C=O) groups excluding carboxylic acids is 2. The first-order valence-electron chi connectivity index (χ1n) is 9.10. The average molecular weight is 367 g/mol. The number of methoxy groups -OCH3 is 1. The second-order valence-corrected chi connectivity index (χ2v) is 6.75. The number of likely N-dealkylation sites (N-methyl/N-ethyl adjacent to an activating group) is 1. The van der Waals surface area contributed by atoms with Gasteiger partial charge in [0.2, 0.25) is 5.91 Å². The Morgan fingerprint density at radius 3 is 2.63 bits per heavy atom. The van der Waals surface area contributed by atoms with Crippen molar-refractivity contribution in [1.82, 2.24) is 10.2 Å². The Morgan fingerprint density at radius 2 is 1.89 bits per heavy atom. The normalized spacial score (nSPS) is 15.7. The van der Waals surface area contributed by atoms with Gasteiger partial charge < -0.3 is 10.1 Å². The average Bonchev–Trinajstić information content (AvgIpc) is 2.67. The third kappa shape index (κ3) is 4.86. The number of nitrogens with zero attached hydrogens (tertiary/aromatic N) is 1. The van der Waals surface area contributed by atoms with E-state index in [2.05, 4.69) is 28.8 Å². The first-order chi connectivity index (χ1) is 13.1. The number of hydrogen-bond donors (Lipinski definition) is 2. The van der Waals surface area contributed by atoms with Crippen LogP contribution < -0.4 is 15.4 Å². The van der Waals surface area contributed by atoms with Crippen molar-refractivity contribution in [2.45, 2.75) is 25.3 Å². The lowest BCUT2D eigenvalue weighted by atomic mass is 9.87. The van der Waals surface area contributed by atoms with Crippen LogP contribution in [0, 0.1) is 0 Å². The van der Waals surface area contributed by atoms with Gasteiger partial charge in [-0.1, -0.05) is 24.3 Å². The SMILES string of the molecule is COc1ccc(NC(=O)NC(=O)CN(C)C2CCCc3ccccc32)cc1. The first kappa shape index (κ1) is 18.9. The molecule has 0 aliphatic heterocycles. The molecule has 1 unspecified atom stereocenters. The summed E-state index contributed by atoms with van der Waals surface area (Å²) in [7, 11) is 3.50. The quantitative estimate of drug-likeness (QED) is 0.850. The van der Waals surface area contributed by atoms with Gasteiger partial charge >= 0.3 is 6.03 Å². The molecule has 2 aromatic rings. The van der Waals surface area contributed by atoms with Gasteiger partial charge in [-0.05, 0) is 61.7 Å². The van der Waals surface area contributed by atoms with Crippen molar-refractivity contribution in [1.29, 1.82) is 0 Å². The molecule has 0 bridgehead atoms. The zero-order chi connectivity index (χ0) is 19.2. The summed E-state index contributed by atoms with van der Waals surface area (Å²) in [6, 6.07) is 14.9. The number of benzene rings is 2. The number of carbonyl (C=O) groups is 2. The van der Waals surface area contributed by atoms with Gasteiger partial charge in [0.05, 0.1) is 13.7 Å². The van der Waals surface area contributed by atoms with Gasteiger partial charge in [0.25, 0.3) is 0 Å². The maximum atomic E-state index is 12.3. The summed E-state index contributed by atoms with van der Waals surface area (Å²) in [5.41, 5.74) is 3.22. The van der Waals surface area contributed by atoms with E-state index in [0.29, 0.717) is 11.4 Å². The van der Waals surface area contributed by atoms with Gasteiger partial charge in [0, 0.05) is 11.7 Å². The van der Waals surface area contributed by atoms with Crippen molar-refractivity contribution in [2.75, 3.05) is 26.0 Å². The molecule has 2 aromatic carbocycles. The van der Waals surface area contributed by atoms with Crippen molar-refractivity contribution in [3.63, 3.8) is 0 Å². The lowest BCUT2D eigenvalue weighted by Gasteiger charge is -2.32. The molecule has 3 rings (SSSR count). The van der Waals surface area contributed by atoms with Crippen LogP contribution in [0.4, 0.5) is 10.5 Å². The standard InChI is InChI=1S/C21H25N3O3/c1-24(19-9-5-7-15-6-3-4-8-18(15)19)14-20(25)23-21(26)22-16-10-12-17(27-2)13-11-16/h3-4,6,8,10-13,19H,5,7,9,14H2,1-2H3,(H2,22,23,25,26). The molecule has 0 heterocycles. The Labute approximate surface area is 159 Å². The number of hydrogen-bond acceptors (Lipinski definition) is 4. The van der Waals surface area contributed by atoms with Gasteiger partial charge in [-0.3, -0.25) is 15.0 Å². The molecule has 0 fully saturated rings. The highest BCUT2D eigenvalue weighted by molar-refractivity contribution is 6.01. The first-order valence-corrected chi connectivity index (χ1v) is 9.10. The topological polar surface area (TPSA) is 70.7 Å². The molecule has 0 radical (unpaired) electrons. The van der Waals surface area contributed by atoms with E-state index in [1.165, 1.54) is 11.1 Å². The predicted octanol–water partition coefficient (Wildman–Crippen LogP) is 3.35. The summed E-state index contributed by atoms with van der Waals surface area (Å²) in [6.45, 7) is 0.162. The number of amides is 3. The van der Waals surface area contributed by atoms with Crippen molar-refractivity contribution >= 4 is 17.6 Å². The highest BCUT2D eigenvalue weighted by atomic mass is 16.5. The Balaban J connectivity index is 1.53. The molecule has 0 saturated heterocycles. The second kappa shape index (κ2) is 8.68. The maximum absolute atomic E-state index is 12.3. The monoisotopic (exact) mass is 367 g/mol. The summed E-state index contributed by atoms with van der Waals surface area (Å²) in [6.07, 6.45) is 3.20. The molecule has 27 heavy (non-hydrogen) atoms. The van der Waals surface area contributed by atoms with E-state index in [4.69, 9.17) is 4.74 Å². The summed E-state index contributed by atoms with van der Waals surface area (Å²) in [4.78, 5) is 26.3. The Bertz CT molecular complexity index is 805. The molecule has 1 atom stereocenters. The Kier molecular flexibility index (Phi) is 6.08. The van der Waals surface area contributed by atoms with Gasteiger partial charge in [0.1, 0.15) is 5.75 Å². The van der Waals surface area contributed by atoms with E-state index in [9.17, 15) is 9.59 Å². The number of nitrogens with one attached hydrogen (secondary N) is 2. The second-order valence-electron chi connectivity index (χ2n) is 6.75. The zero-order valence-electron chi connectivity index (χ0n) is 15.7. The summed E-state index contributed by atoms with van der Waals surface area (Å²) >= 11 is 0. The van der Waals surface area contributed by atoms with E-state index in [1.807, 2.05) is 18.0 Å². The molecule has 2 N–H and O–H groups in total. The molecule has 1 aliphatic rings. The number of imide groups is 1. The third-order valence-electron chi connectivity index (χ3n) is 4.86. The van der Waals surface area contributed by atoms with Crippen molar-refractivity contribution in [2.24, 2.45) is 0 Å². The molecule has 3 amide bonds. The Morgan fingerprint density at radius 1 is 1.15 bits per heavy atom. The minimum absolute atomic E-state index is 0.162. The van der Waals surface area contributed by atoms with Crippen molar-refractivity contribution in [3.05, 3.63) is 59.7 Å². The highest BCUT2D eigenvalue weighted by Gasteiger charge is 2.25. The number of fused-ring (bicyclic) bond motifs is 1. The molecule has 1 aliphatic carbocycles. The molecular formula is C21H25N3O3. The Hall–Kier alpha value is -2.86. The summed E-state index contributed by atoms with van der Waals surface area (Å²) in [5, 5.41) is 5.04. The van der Waals surface area contributed by atoms with Crippen LogP contribution in [0.3, 0.4) is 0 Å². The fraction of sp³-hybridized carbons (Fsp3) is 0.333. The van der Waals surface area contributed by atoms with Gasteiger partial charge in [-0.15, -0.1) is 0 Å². The molecule has 142 valence electrons. The minimum Gasteiger partial charge on any atom is -0.497 e. The lowest BCUT2D eigenvalue weighted by molar-refractivity contribution is -0.121. The predicted molar refractivity (Wildman–Crippen MR) is 105 cm³/mol. The fourth-order valence-electron chi connectivity index (χ4n) is 3.53. The molecular weight excluding hydrogens is 342 g/mol. The fourth-order valence-corrected chi connectivity index (χ4v) is 3.53. The van der Waals surface area contributed by atoms with Crippen molar-refractivity contribution in [3.8, 4) is 5.75 Å². The number of anilines is 1. The number of rotatable bonds is 5. The highest BCUT2D eigenvalue weighted by Crippen LogP contribution is 2.33. The molecule has 0 saturated carbocycles. The smallest absolute Gasteiger partial charge is 0.325 e. The largest absolute Gasteiger partial charge is 0.497 e. The summed E-state index contributed by atoms with van der Waals surface area (Å²) in [5.74, 6) is 0.373. The van der Waals surface area contributed by atoms with Gasteiger partial charge in [-0.25, -0.2) is 4.79 Å². The minimum atomic E-state index is -0.539. The number of ether oxygens (including phenoxy) is 1. The van der Waals surface area contributed by atoms with E-state index in [0.717, 1.165) is 19.3 Å². The molecule has 0 spiro atoms. The van der Waals surface area contributed by atoms with Crippen LogP contribution in [0.25, 0.3) is 0 Å². The van der Waals surface area contributed by atoms with Crippen LogP contribution in [0.15, 0.2) is 48.5 Å². The van der Waals surface area contributed by atoms with E-state index in [1.54, 1.807) is 31.4 Å².